The highest BCUT2D eigenvalue weighted by atomic mass is 16.1. The third-order valence-corrected chi connectivity index (χ3v) is 3.15. The summed E-state index contributed by atoms with van der Waals surface area (Å²) in [6, 6.07) is 9.07. The Morgan fingerprint density at radius 3 is 2.60 bits per heavy atom. The summed E-state index contributed by atoms with van der Waals surface area (Å²) in [5.74, 6) is -0.493. The largest absolute Gasteiger partial charge is 0.365 e. The van der Waals surface area contributed by atoms with Crippen LogP contribution in [0.5, 0.6) is 0 Å². The van der Waals surface area contributed by atoms with Gasteiger partial charge in [-0.25, -0.2) is 0 Å². The number of aryl methyl sites for hydroxylation is 2. The molecule has 4 nitrogen and oxygen atoms in total. The highest BCUT2D eigenvalue weighted by Crippen LogP contribution is 2.11. The quantitative estimate of drug-likeness (QED) is 0.676. The molecular formula is C16H17N2O2+. The van der Waals surface area contributed by atoms with Crippen LogP contribution >= 0.6 is 0 Å². The minimum absolute atomic E-state index is 0.00844. The molecular weight excluding hydrogens is 252 g/mol. The van der Waals surface area contributed by atoms with E-state index in [4.69, 9.17) is 5.73 Å². The molecule has 4 heteroatoms. The maximum atomic E-state index is 12.3. The fraction of sp³-hybridized carbons (Fsp3) is 0.188. The Morgan fingerprint density at radius 2 is 1.95 bits per heavy atom. The van der Waals surface area contributed by atoms with Gasteiger partial charge in [-0.3, -0.25) is 9.59 Å². The van der Waals surface area contributed by atoms with Crippen LogP contribution in [0.2, 0.25) is 0 Å². The number of amides is 1. The Balaban J connectivity index is 2.23. The summed E-state index contributed by atoms with van der Waals surface area (Å²) in [6.07, 6.45) is 3.33. The van der Waals surface area contributed by atoms with E-state index in [1.165, 1.54) is 0 Å². The van der Waals surface area contributed by atoms with Crippen molar-refractivity contribution in [2.24, 2.45) is 5.73 Å². The van der Waals surface area contributed by atoms with Gasteiger partial charge in [0.1, 0.15) is 5.56 Å². The highest BCUT2D eigenvalue weighted by Gasteiger charge is 2.15. The summed E-state index contributed by atoms with van der Waals surface area (Å²) in [5.41, 5.74) is 8.41. The molecule has 0 aliphatic carbocycles. The van der Waals surface area contributed by atoms with Crippen molar-refractivity contribution in [3.8, 4) is 0 Å². The van der Waals surface area contributed by atoms with E-state index in [1.54, 1.807) is 29.1 Å². The molecule has 1 amide bonds. The van der Waals surface area contributed by atoms with Crippen molar-refractivity contribution < 1.29 is 14.2 Å². The zero-order valence-electron chi connectivity index (χ0n) is 11.6. The van der Waals surface area contributed by atoms with E-state index in [9.17, 15) is 9.59 Å². The van der Waals surface area contributed by atoms with E-state index >= 15 is 0 Å². The topological polar surface area (TPSA) is 64.0 Å². The molecule has 0 saturated heterocycles. The Kier molecular flexibility index (Phi) is 3.94. The minimum Gasteiger partial charge on any atom is -0.365 e. The van der Waals surface area contributed by atoms with Crippen LogP contribution in [0.3, 0.4) is 0 Å². The first kappa shape index (κ1) is 13.9. The normalized spacial score (nSPS) is 10.3. The number of nitrogens with two attached hydrogens (primary N) is 1. The molecule has 1 aromatic heterocycles. The van der Waals surface area contributed by atoms with Gasteiger partial charge in [-0.15, -0.1) is 0 Å². The molecule has 2 N–H and O–H groups in total. The van der Waals surface area contributed by atoms with E-state index in [0.29, 0.717) is 11.1 Å². The summed E-state index contributed by atoms with van der Waals surface area (Å²) in [6.45, 7) is 4.10. The molecule has 102 valence electrons. The third-order valence-electron chi connectivity index (χ3n) is 3.15. The van der Waals surface area contributed by atoms with E-state index in [2.05, 4.69) is 0 Å². The highest BCUT2D eigenvalue weighted by molar-refractivity contribution is 5.96. The Hall–Kier alpha value is -2.49. The van der Waals surface area contributed by atoms with Crippen LogP contribution in [0.25, 0.3) is 0 Å². The number of ketones is 1. The lowest BCUT2D eigenvalue weighted by molar-refractivity contribution is -0.683. The number of carbonyl (C=O) groups is 2. The van der Waals surface area contributed by atoms with Gasteiger partial charge in [0.2, 0.25) is 12.3 Å². The summed E-state index contributed by atoms with van der Waals surface area (Å²) >= 11 is 0. The predicted octanol–water partition coefficient (Wildman–Crippen LogP) is 1.57. The van der Waals surface area contributed by atoms with Crippen molar-refractivity contribution >= 4 is 11.7 Å². The average molecular weight is 269 g/mol. The first-order valence-corrected chi connectivity index (χ1v) is 6.37. The predicted molar refractivity (Wildman–Crippen MR) is 75.4 cm³/mol. The standard InChI is InChI=1S/C16H16N2O2/c1-11-5-6-14(12(2)8-11)15(19)10-18-7-3-4-13(9-18)16(17)20/h3-9H,10H2,1-2H3,(H-,17,20)/p+1. The molecule has 0 spiro atoms. The van der Waals surface area contributed by atoms with E-state index in [-0.39, 0.29) is 12.3 Å². The molecule has 0 radical (unpaired) electrons. The second-order valence-corrected chi connectivity index (χ2v) is 4.87. The Morgan fingerprint density at radius 1 is 1.20 bits per heavy atom. The number of rotatable bonds is 4. The van der Waals surface area contributed by atoms with Crippen molar-refractivity contribution in [3.63, 3.8) is 0 Å². The van der Waals surface area contributed by atoms with Crippen LogP contribution in [0.1, 0.15) is 31.8 Å². The van der Waals surface area contributed by atoms with Crippen molar-refractivity contribution in [2.75, 3.05) is 0 Å². The Labute approximate surface area is 117 Å². The molecule has 0 aliphatic heterocycles. The van der Waals surface area contributed by atoms with Gasteiger partial charge < -0.3 is 5.73 Å². The monoisotopic (exact) mass is 269 g/mol. The SMILES string of the molecule is Cc1ccc(C(=O)C[n+]2cccc(C(N)=O)c2)c(C)c1. The molecule has 20 heavy (non-hydrogen) atoms. The molecule has 0 atom stereocenters. The maximum absolute atomic E-state index is 12.3. The number of hydrogen-bond acceptors (Lipinski definition) is 2. The number of pyridine rings is 1. The van der Waals surface area contributed by atoms with E-state index in [1.807, 2.05) is 32.0 Å². The van der Waals surface area contributed by atoms with Crippen LogP contribution in [-0.4, -0.2) is 11.7 Å². The third kappa shape index (κ3) is 3.09. The fourth-order valence-corrected chi connectivity index (χ4v) is 2.14. The van der Waals surface area contributed by atoms with Crippen LogP contribution in [-0.2, 0) is 6.54 Å². The van der Waals surface area contributed by atoms with Crippen LogP contribution in [0, 0.1) is 13.8 Å². The van der Waals surface area contributed by atoms with Crippen molar-refractivity contribution in [1.29, 1.82) is 0 Å². The Bertz CT molecular complexity index is 678. The minimum atomic E-state index is -0.502. The average Bonchev–Trinajstić information content (AvgIpc) is 2.38. The van der Waals surface area contributed by atoms with Gasteiger partial charge in [-0.1, -0.05) is 23.8 Å². The van der Waals surface area contributed by atoms with Gasteiger partial charge in [-0.05, 0) is 25.5 Å². The zero-order valence-corrected chi connectivity index (χ0v) is 11.6. The van der Waals surface area contributed by atoms with Crippen molar-refractivity contribution in [1.82, 2.24) is 0 Å². The van der Waals surface area contributed by atoms with Gasteiger partial charge in [0, 0.05) is 11.6 Å². The second-order valence-electron chi connectivity index (χ2n) is 4.87. The van der Waals surface area contributed by atoms with Crippen LogP contribution in [0.4, 0.5) is 0 Å². The molecule has 0 fully saturated rings. The van der Waals surface area contributed by atoms with Crippen LogP contribution in [0.15, 0.2) is 42.7 Å². The number of hydrogen-bond donors (Lipinski definition) is 1. The fourth-order valence-electron chi connectivity index (χ4n) is 2.14. The second kappa shape index (κ2) is 5.65. The zero-order chi connectivity index (χ0) is 14.7. The lowest BCUT2D eigenvalue weighted by Gasteiger charge is -2.04. The number of benzene rings is 1. The number of aromatic nitrogens is 1. The molecule has 0 unspecified atom stereocenters. The molecule has 0 bridgehead atoms. The van der Waals surface area contributed by atoms with E-state index < -0.39 is 5.91 Å². The van der Waals surface area contributed by atoms with Gasteiger partial charge in [0.05, 0.1) is 0 Å². The first-order chi connectivity index (χ1) is 9.47. The lowest BCUT2D eigenvalue weighted by atomic mass is 10.0. The van der Waals surface area contributed by atoms with Crippen LogP contribution < -0.4 is 10.3 Å². The molecule has 1 heterocycles. The molecule has 2 rings (SSSR count). The summed E-state index contributed by atoms with van der Waals surface area (Å²) in [7, 11) is 0. The molecule has 0 saturated carbocycles. The number of primary amides is 1. The van der Waals surface area contributed by atoms with Gasteiger partial charge in [-0.2, -0.15) is 4.57 Å². The van der Waals surface area contributed by atoms with Crippen molar-refractivity contribution in [3.05, 3.63) is 65.0 Å². The lowest BCUT2D eigenvalue weighted by Crippen LogP contribution is -2.38. The van der Waals surface area contributed by atoms with E-state index in [0.717, 1.165) is 11.1 Å². The summed E-state index contributed by atoms with van der Waals surface area (Å²) in [5, 5.41) is 0. The van der Waals surface area contributed by atoms with Gasteiger partial charge >= 0.3 is 0 Å². The van der Waals surface area contributed by atoms with Crippen molar-refractivity contribution in [2.45, 2.75) is 20.4 Å². The van der Waals surface area contributed by atoms with Gasteiger partial charge in [0.15, 0.2) is 12.4 Å². The summed E-state index contributed by atoms with van der Waals surface area (Å²) in [4.78, 5) is 23.4. The molecule has 1 aromatic carbocycles. The maximum Gasteiger partial charge on any atom is 0.254 e. The first-order valence-electron chi connectivity index (χ1n) is 6.37. The number of nitrogens with zero attached hydrogens (tertiary/aromatic N) is 1. The van der Waals surface area contributed by atoms with Gasteiger partial charge in [0.25, 0.3) is 5.91 Å². The molecule has 0 aliphatic rings. The smallest absolute Gasteiger partial charge is 0.254 e. The number of Topliss-reactive ketones (excluding diaryl/α,β-unsaturated/α-hetero) is 1. The number of carbonyl (C=O) groups excluding carboxylic acids is 2. The summed E-state index contributed by atoms with van der Waals surface area (Å²) < 4.78 is 1.67. The molecule has 2 aromatic rings.